The van der Waals surface area contributed by atoms with Crippen LogP contribution in [0.5, 0.6) is 5.75 Å². The quantitative estimate of drug-likeness (QED) is 0.493. The maximum Gasteiger partial charge on any atom is 0.407 e. The van der Waals surface area contributed by atoms with E-state index >= 15 is 0 Å². The summed E-state index contributed by atoms with van der Waals surface area (Å²) in [4.78, 5) is 19.3. The van der Waals surface area contributed by atoms with E-state index in [1.807, 2.05) is 26.0 Å². The molecule has 0 saturated carbocycles. The lowest BCUT2D eigenvalue weighted by Gasteiger charge is -2.21. The molecule has 1 aliphatic rings. The molecule has 3 aromatic rings. The van der Waals surface area contributed by atoms with Gasteiger partial charge >= 0.3 is 6.09 Å². The van der Waals surface area contributed by atoms with Crippen LogP contribution in [-0.4, -0.2) is 70.5 Å². The number of nitriles is 1. The summed E-state index contributed by atoms with van der Waals surface area (Å²) in [5, 5.41) is 22.7. The van der Waals surface area contributed by atoms with Crippen molar-refractivity contribution >= 4 is 6.09 Å². The van der Waals surface area contributed by atoms with E-state index in [0.717, 1.165) is 44.5 Å². The molecule has 1 aliphatic heterocycles. The van der Waals surface area contributed by atoms with E-state index in [1.165, 1.54) is 16.0 Å². The molecular weight excluding hydrogens is 458 g/mol. The summed E-state index contributed by atoms with van der Waals surface area (Å²) in [6, 6.07) is 13.7. The van der Waals surface area contributed by atoms with Crippen molar-refractivity contribution in [2.45, 2.75) is 39.2 Å². The number of rotatable bonds is 8. The molecule has 0 aliphatic carbocycles. The van der Waals surface area contributed by atoms with Crippen LogP contribution >= 0.6 is 0 Å². The summed E-state index contributed by atoms with van der Waals surface area (Å²) in [5.41, 5.74) is 4.56. The number of fused-ring (bicyclic) bond motifs is 1. The van der Waals surface area contributed by atoms with Gasteiger partial charge in [0.05, 0.1) is 11.7 Å². The molecule has 0 atom stereocenters. The third kappa shape index (κ3) is 6.01. The van der Waals surface area contributed by atoms with E-state index in [1.54, 1.807) is 19.2 Å². The number of ether oxygens (including phenoxy) is 1. The monoisotopic (exact) mass is 489 g/mol. The fourth-order valence-corrected chi connectivity index (χ4v) is 4.33. The van der Waals surface area contributed by atoms with Crippen LogP contribution in [0, 0.1) is 11.3 Å². The van der Waals surface area contributed by atoms with Crippen LogP contribution < -0.4 is 4.74 Å². The molecule has 0 bridgehead atoms. The number of amides is 1. The van der Waals surface area contributed by atoms with Gasteiger partial charge in [-0.3, -0.25) is 0 Å². The van der Waals surface area contributed by atoms with Gasteiger partial charge in [-0.05, 0) is 75.0 Å². The van der Waals surface area contributed by atoms with E-state index in [4.69, 9.17) is 14.4 Å². The molecule has 2 heterocycles. The first-order chi connectivity index (χ1) is 17.3. The molecule has 1 amide bonds. The third-order valence-corrected chi connectivity index (χ3v) is 6.29. The van der Waals surface area contributed by atoms with Gasteiger partial charge in [-0.15, -0.1) is 0 Å². The summed E-state index contributed by atoms with van der Waals surface area (Å²) >= 11 is 0. The minimum Gasteiger partial charge on any atom is -0.490 e. The largest absolute Gasteiger partial charge is 0.490 e. The molecular formula is C27H31N5O4. The minimum absolute atomic E-state index is 0.0307. The predicted octanol–water partition coefficient (Wildman–Crippen LogP) is 4.46. The number of carboxylic acid groups (broad SMARTS) is 1. The summed E-state index contributed by atoms with van der Waals surface area (Å²) < 4.78 is 11.2. The lowest BCUT2D eigenvalue weighted by Crippen LogP contribution is -2.32. The molecule has 0 radical (unpaired) electrons. The van der Waals surface area contributed by atoms with Crippen molar-refractivity contribution in [3.8, 4) is 34.7 Å². The molecule has 1 aromatic heterocycles. The number of nitrogens with zero attached hydrogens (tertiary/aromatic N) is 5. The second kappa shape index (κ2) is 11.2. The molecule has 1 N–H and O–H groups in total. The number of carbonyl (C=O) groups is 1. The van der Waals surface area contributed by atoms with Crippen LogP contribution in [0.2, 0.25) is 0 Å². The predicted molar refractivity (Wildman–Crippen MR) is 135 cm³/mol. The van der Waals surface area contributed by atoms with E-state index in [0.29, 0.717) is 35.1 Å². The molecule has 4 rings (SSSR count). The maximum atomic E-state index is 11.0. The van der Waals surface area contributed by atoms with E-state index < -0.39 is 6.09 Å². The van der Waals surface area contributed by atoms with Gasteiger partial charge in [-0.1, -0.05) is 17.3 Å². The second-order valence-electron chi connectivity index (χ2n) is 9.30. The Labute approximate surface area is 210 Å². The zero-order valence-corrected chi connectivity index (χ0v) is 20.9. The maximum absolute atomic E-state index is 11.0. The van der Waals surface area contributed by atoms with Gasteiger partial charge in [0.25, 0.3) is 5.89 Å². The highest BCUT2D eigenvalue weighted by atomic mass is 16.5. The molecule has 0 unspecified atom stereocenters. The molecule has 0 saturated heterocycles. The molecule has 36 heavy (non-hydrogen) atoms. The summed E-state index contributed by atoms with van der Waals surface area (Å²) in [7, 11) is 1.60. The highest BCUT2D eigenvalue weighted by molar-refractivity contribution is 5.65. The van der Waals surface area contributed by atoms with Gasteiger partial charge in [0.15, 0.2) is 0 Å². The number of hydrogen-bond donors (Lipinski definition) is 1. The van der Waals surface area contributed by atoms with Crippen molar-refractivity contribution in [3.63, 3.8) is 0 Å². The topological polar surface area (TPSA) is 116 Å². The molecule has 188 valence electrons. The molecule has 0 spiro atoms. The smallest absolute Gasteiger partial charge is 0.407 e. The SMILES string of the molecule is CC(C)Oc1ccc(-c2nc(-c3ccc4c(c3)CCN(CCCN(C)C(=O)O)CC4)no2)cc1C#N. The van der Waals surface area contributed by atoms with E-state index in [9.17, 15) is 10.1 Å². The Morgan fingerprint density at radius 1 is 1.19 bits per heavy atom. The molecule has 0 fully saturated rings. The Balaban J connectivity index is 1.44. The molecule has 9 heteroatoms. The minimum atomic E-state index is -0.891. The average Bonchev–Trinajstić information content (AvgIpc) is 3.26. The van der Waals surface area contributed by atoms with Crippen molar-refractivity contribution in [1.82, 2.24) is 19.9 Å². The lowest BCUT2D eigenvalue weighted by molar-refractivity contribution is 0.153. The van der Waals surface area contributed by atoms with Gasteiger partial charge in [-0.25, -0.2) is 4.79 Å². The van der Waals surface area contributed by atoms with Gasteiger partial charge in [0.2, 0.25) is 5.82 Å². The normalized spacial score (nSPS) is 13.6. The Hall–Kier alpha value is -3.90. The first-order valence-corrected chi connectivity index (χ1v) is 12.2. The highest BCUT2D eigenvalue weighted by Crippen LogP contribution is 2.29. The fourth-order valence-electron chi connectivity index (χ4n) is 4.33. The average molecular weight is 490 g/mol. The first kappa shape index (κ1) is 25.2. The number of aromatic nitrogens is 2. The van der Waals surface area contributed by atoms with Gasteiger partial charge < -0.3 is 24.2 Å². The Morgan fingerprint density at radius 2 is 1.94 bits per heavy atom. The zero-order valence-electron chi connectivity index (χ0n) is 20.9. The van der Waals surface area contributed by atoms with Crippen LogP contribution in [0.15, 0.2) is 40.9 Å². The zero-order chi connectivity index (χ0) is 25.7. The Kier molecular flexibility index (Phi) is 7.86. The molecule has 2 aromatic carbocycles. The molecule has 9 nitrogen and oxygen atoms in total. The van der Waals surface area contributed by atoms with E-state index in [2.05, 4.69) is 33.2 Å². The van der Waals surface area contributed by atoms with Crippen molar-refractivity contribution in [2.24, 2.45) is 0 Å². The van der Waals surface area contributed by atoms with Crippen molar-refractivity contribution in [3.05, 3.63) is 53.1 Å². The second-order valence-corrected chi connectivity index (χ2v) is 9.30. The van der Waals surface area contributed by atoms with Gasteiger partial charge in [-0.2, -0.15) is 10.2 Å². The van der Waals surface area contributed by atoms with Crippen molar-refractivity contribution < 1.29 is 19.2 Å². The van der Waals surface area contributed by atoms with Crippen LogP contribution in [0.3, 0.4) is 0 Å². The van der Waals surface area contributed by atoms with Crippen LogP contribution in [0.1, 0.15) is 37.0 Å². The number of benzene rings is 2. The van der Waals surface area contributed by atoms with Crippen LogP contribution in [0.25, 0.3) is 22.8 Å². The highest BCUT2D eigenvalue weighted by Gasteiger charge is 2.18. The standard InChI is InChI=1S/C27H31N5O4/c1-18(2)35-24-8-7-22(16-23(24)17-28)26-29-25(30-36-26)21-6-5-19-9-13-32(14-10-20(19)15-21)12-4-11-31(3)27(33)34/h5-8,15-16,18H,4,9-14H2,1-3H3,(H,33,34). The summed E-state index contributed by atoms with van der Waals surface area (Å²) in [6.07, 6.45) is 1.75. The summed E-state index contributed by atoms with van der Waals surface area (Å²) in [5.74, 6) is 1.39. The fraction of sp³-hybridized carbons (Fsp3) is 0.407. The Morgan fingerprint density at radius 3 is 2.67 bits per heavy atom. The van der Waals surface area contributed by atoms with Crippen LogP contribution in [0.4, 0.5) is 4.79 Å². The third-order valence-electron chi connectivity index (χ3n) is 6.29. The van der Waals surface area contributed by atoms with E-state index in [-0.39, 0.29) is 6.10 Å². The lowest BCUT2D eigenvalue weighted by atomic mass is 10.00. The van der Waals surface area contributed by atoms with Crippen LogP contribution in [-0.2, 0) is 12.8 Å². The van der Waals surface area contributed by atoms with Gasteiger partial charge in [0.1, 0.15) is 11.8 Å². The number of hydrogen-bond acceptors (Lipinski definition) is 7. The Bertz CT molecular complexity index is 1260. The van der Waals surface area contributed by atoms with Gasteiger partial charge in [0, 0.05) is 37.8 Å². The first-order valence-electron chi connectivity index (χ1n) is 12.2. The van der Waals surface area contributed by atoms with Crippen molar-refractivity contribution in [1.29, 1.82) is 5.26 Å². The van der Waals surface area contributed by atoms with Crippen molar-refractivity contribution in [2.75, 3.05) is 33.2 Å². The summed E-state index contributed by atoms with van der Waals surface area (Å²) in [6.45, 7) is 7.11.